The fourth-order valence-corrected chi connectivity index (χ4v) is 3.18. The summed E-state index contributed by atoms with van der Waals surface area (Å²) in [6, 6.07) is 23.3. The Kier molecular flexibility index (Phi) is 4.00. The number of fused-ring (bicyclic) bond motifs is 1. The standard InChI is InChI=1S/C21H13ClN4/c22-20-16(10-14-8-4-5-9-18(14)25-20)15-11-19(13-6-2-1-3-7-13)26-21(24)17(15)12-23/h1-11H,(H2,24,26). The van der Waals surface area contributed by atoms with Gasteiger partial charge in [-0.05, 0) is 18.2 Å². The van der Waals surface area contributed by atoms with Crippen molar-refractivity contribution in [2.75, 3.05) is 5.73 Å². The minimum Gasteiger partial charge on any atom is -0.383 e. The van der Waals surface area contributed by atoms with Gasteiger partial charge in [0.25, 0.3) is 0 Å². The van der Waals surface area contributed by atoms with E-state index in [9.17, 15) is 5.26 Å². The van der Waals surface area contributed by atoms with Crippen LogP contribution in [0, 0.1) is 11.3 Å². The summed E-state index contributed by atoms with van der Waals surface area (Å²) in [6.07, 6.45) is 0. The Balaban J connectivity index is 2.00. The molecule has 2 aromatic carbocycles. The van der Waals surface area contributed by atoms with Crippen LogP contribution in [0.3, 0.4) is 0 Å². The predicted molar refractivity (Wildman–Crippen MR) is 105 cm³/mol. The Morgan fingerprint density at radius 2 is 1.62 bits per heavy atom. The molecule has 26 heavy (non-hydrogen) atoms. The highest BCUT2D eigenvalue weighted by Crippen LogP contribution is 2.35. The molecule has 0 unspecified atom stereocenters. The molecule has 0 saturated heterocycles. The van der Waals surface area contributed by atoms with Gasteiger partial charge in [0.1, 0.15) is 22.6 Å². The number of anilines is 1. The van der Waals surface area contributed by atoms with Crippen molar-refractivity contribution >= 4 is 28.3 Å². The molecule has 0 spiro atoms. The molecular weight excluding hydrogens is 344 g/mol. The van der Waals surface area contributed by atoms with Gasteiger partial charge in [0.15, 0.2) is 0 Å². The maximum atomic E-state index is 9.59. The number of aromatic nitrogens is 2. The molecule has 4 rings (SSSR count). The maximum absolute atomic E-state index is 9.59. The highest BCUT2D eigenvalue weighted by atomic mass is 35.5. The van der Waals surface area contributed by atoms with E-state index in [0.717, 1.165) is 16.5 Å². The Bertz CT molecular complexity index is 1160. The van der Waals surface area contributed by atoms with Gasteiger partial charge in [-0.1, -0.05) is 60.1 Å². The average molecular weight is 357 g/mol. The summed E-state index contributed by atoms with van der Waals surface area (Å²) in [5, 5.41) is 10.9. The first kappa shape index (κ1) is 16.1. The van der Waals surface area contributed by atoms with Crippen molar-refractivity contribution in [2.45, 2.75) is 0 Å². The molecule has 0 amide bonds. The van der Waals surface area contributed by atoms with Crippen LogP contribution in [0.2, 0.25) is 5.15 Å². The normalized spacial score (nSPS) is 10.6. The summed E-state index contributed by atoms with van der Waals surface area (Å²) < 4.78 is 0. The van der Waals surface area contributed by atoms with Crippen LogP contribution in [0.1, 0.15) is 5.56 Å². The first-order chi connectivity index (χ1) is 12.7. The van der Waals surface area contributed by atoms with E-state index in [0.29, 0.717) is 27.5 Å². The highest BCUT2D eigenvalue weighted by molar-refractivity contribution is 6.32. The number of nitriles is 1. The third-order valence-corrected chi connectivity index (χ3v) is 4.48. The number of benzene rings is 2. The number of hydrogen-bond acceptors (Lipinski definition) is 4. The van der Waals surface area contributed by atoms with E-state index in [1.165, 1.54) is 0 Å². The number of nitrogen functional groups attached to an aromatic ring is 1. The van der Waals surface area contributed by atoms with Crippen LogP contribution in [-0.2, 0) is 0 Å². The highest BCUT2D eigenvalue weighted by Gasteiger charge is 2.17. The van der Waals surface area contributed by atoms with Gasteiger partial charge in [-0.15, -0.1) is 0 Å². The van der Waals surface area contributed by atoms with Crippen LogP contribution in [0.25, 0.3) is 33.3 Å². The van der Waals surface area contributed by atoms with Crippen molar-refractivity contribution in [1.82, 2.24) is 9.97 Å². The zero-order chi connectivity index (χ0) is 18.1. The Morgan fingerprint density at radius 1 is 0.885 bits per heavy atom. The largest absolute Gasteiger partial charge is 0.383 e. The third kappa shape index (κ3) is 2.75. The Morgan fingerprint density at radius 3 is 2.38 bits per heavy atom. The van der Waals surface area contributed by atoms with E-state index in [1.54, 1.807) is 0 Å². The fraction of sp³-hybridized carbons (Fsp3) is 0. The number of pyridine rings is 2. The van der Waals surface area contributed by atoms with E-state index >= 15 is 0 Å². The number of nitrogens with zero attached hydrogens (tertiary/aromatic N) is 3. The quantitative estimate of drug-likeness (QED) is 0.509. The van der Waals surface area contributed by atoms with Crippen LogP contribution in [0.5, 0.6) is 0 Å². The van der Waals surface area contributed by atoms with Crippen LogP contribution in [0.15, 0.2) is 66.7 Å². The van der Waals surface area contributed by atoms with Gasteiger partial charge in [-0.25, -0.2) is 9.97 Å². The van der Waals surface area contributed by atoms with Crippen molar-refractivity contribution in [3.8, 4) is 28.5 Å². The topological polar surface area (TPSA) is 75.6 Å². The van der Waals surface area contributed by atoms with Gasteiger partial charge in [0.05, 0.1) is 11.2 Å². The lowest BCUT2D eigenvalue weighted by Crippen LogP contribution is -2.00. The molecule has 2 N–H and O–H groups in total. The summed E-state index contributed by atoms with van der Waals surface area (Å²) in [5.41, 5.74) is 10.0. The number of halogens is 1. The number of hydrogen-bond donors (Lipinski definition) is 1. The van der Waals surface area contributed by atoms with Gasteiger partial charge >= 0.3 is 0 Å². The van der Waals surface area contributed by atoms with E-state index < -0.39 is 0 Å². The molecule has 0 fully saturated rings. The van der Waals surface area contributed by atoms with E-state index in [4.69, 9.17) is 17.3 Å². The number of nitrogens with two attached hydrogens (primary N) is 1. The van der Waals surface area contributed by atoms with E-state index in [1.807, 2.05) is 66.7 Å². The van der Waals surface area contributed by atoms with Crippen molar-refractivity contribution < 1.29 is 0 Å². The molecule has 5 heteroatoms. The number of para-hydroxylation sites is 1. The third-order valence-electron chi connectivity index (χ3n) is 4.20. The molecule has 0 atom stereocenters. The second-order valence-corrected chi connectivity index (χ2v) is 6.17. The first-order valence-electron chi connectivity index (χ1n) is 7.99. The molecule has 2 heterocycles. The predicted octanol–water partition coefficient (Wildman–Crippen LogP) is 5.07. The molecule has 0 bridgehead atoms. The zero-order valence-corrected chi connectivity index (χ0v) is 14.4. The summed E-state index contributed by atoms with van der Waals surface area (Å²) in [6.45, 7) is 0. The van der Waals surface area contributed by atoms with Crippen molar-refractivity contribution in [3.63, 3.8) is 0 Å². The van der Waals surface area contributed by atoms with Crippen LogP contribution >= 0.6 is 11.6 Å². The molecule has 4 aromatic rings. The molecule has 0 aliphatic heterocycles. The second kappa shape index (κ2) is 6.47. The Hall–Kier alpha value is -3.42. The smallest absolute Gasteiger partial charge is 0.142 e. The van der Waals surface area contributed by atoms with Crippen LogP contribution < -0.4 is 5.73 Å². The molecule has 0 aliphatic carbocycles. The van der Waals surface area contributed by atoms with Crippen molar-refractivity contribution in [1.29, 1.82) is 5.26 Å². The monoisotopic (exact) mass is 356 g/mol. The SMILES string of the molecule is N#Cc1c(-c2cc3ccccc3nc2Cl)cc(-c2ccccc2)nc1N. The van der Waals surface area contributed by atoms with E-state index in [2.05, 4.69) is 16.0 Å². The van der Waals surface area contributed by atoms with Gasteiger partial charge in [-0.3, -0.25) is 0 Å². The number of rotatable bonds is 2. The van der Waals surface area contributed by atoms with Crippen LogP contribution in [0.4, 0.5) is 5.82 Å². The lowest BCUT2D eigenvalue weighted by molar-refractivity contribution is 1.30. The van der Waals surface area contributed by atoms with Gasteiger partial charge in [0, 0.05) is 22.1 Å². The van der Waals surface area contributed by atoms with Gasteiger partial charge in [-0.2, -0.15) is 5.26 Å². The first-order valence-corrected chi connectivity index (χ1v) is 8.37. The Labute approximate surface area is 155 Å². The summed E-state index contributed by atoms with van der Waals surface area (Å²) in [4.78, 5) is 8.84. The minimum atomic E-state index is 0.174. The molecule has 0 aliphatic rings. The van der Waals surface area contributed by atoms with Gasteiger partial charge < -0.3 is 5.73 Å². The van der Waals surface area contributed by atoms with Crippen molar-refractivity contribution in [3.05, 3.63) is 77.4 Å². The molecule has 124 valence electrons. The zero-order valence-electron chi connectivity index (χ0n) is 13.6. The summed E-state index contributed by atoms with van der Waals surface area (Å²) in [7, 11) is 0. The lowest BCUT2D eigenvalue weighted by Gasteiger charge is -2.12. The summed E-state index contributed by atoms with van der Waals surface area (Å²) in [5.74, 6) is 0.174. The van der Waals surface area contributed by atoms with Crippen LogP contribution in [-0.4, -0.2) is 9.97 Å². The van der Waals surface area contributed by atoms with E-state index in [-0.39, 0.29) is 5.82 Å². The minimum absolute atomic E-state index is 0.174. The molecular formula is C21H13ClN4. The molecule has 0 saturated carbocycles. The fourth-order valence-electron chi connectivity index (χ4n) is 2.93. The molecule has 2 aromatic heterocycles. The second-order valence-electron chi connectivity index (χ2n) is 5.81. The van der Waals surface area contributed by atoms with Gasteiger partial charge in [0.2, 0.25) is 0 Å². The lowest BCUT2D eigenvalue weighted by atomic mass is 9.98. The van der Waals surface area contributed by atoms with Crippen molar-refractivity contribution in [2.24, 2.45) is 0 Å². The maximum Gasteiger partial charge on any atom is 0.142 e. The molecule has 0 radical (unpaired) electrons. The molecule has 4 nitrogen and oxygen atoms in total. The summed E-state index contributed by atoms with van der Waals surface area (Å²) >= 11 is 6.44. The average Bonchev–Trinajstić information content (AvgIpc) is 2.67.